The molecule has 2 heteroatoms. The summed E-state index contributed by atoms with van der Waals surface area (Å²) in [4.78, 5) is 7.06. The van der Waals surface area contributed by atoms with Gasteiger partial charge in [0.15, 0.2) is 0 Å². The van der Waals surface area contributed by atoms with Gasteiger partial charge in [0.2, 0.25) is 0 Å². The van der Waals surface area contributed by atoms with Gasteiger partial charge in [-0.25, -0.2) is 0 Å². The predicted molar refractivity (Wildman–Crippen MR) is 48.6 cm³/mol. The summed E-state index contributed by atoms with van der Waals surface area (Å²) >= 11 is -1.70. The molecule has 0 aromatic rings. The minimum atomic E-state index is -1.70. The van der Waals surface area contributed by atoms with Gasteiger partial charge in [0.05, 0.1) is 0 Å². The summed E-state index contributed by atoms with van der Waals surface area (Å²) in [6.07, 6.45) is 0. The quantitative estimate of drug-likeness (QED) is 0.453. The SMILES string of the molecule is C[Si](C)C#[C][Sn]([CH3])([CH3])[CH3]. The third kappa shape index (κ3) is 8.58. The monoisotopic (exact) mass is 247 g/mol. The summed E-state index contributed by atoms with van der Waals surface area (Å²) in [5.74, 6) is 0. The van der Waals surface area contributed by atoms with Crippen molar-refractivity contribution in [1.29, 1.82) is 0 Å². The van der Waals surface area contributed by atoms with Crippen LogP contribution in [-0.2, 0) is 0 Å². The van der Waals surface area contributed by atoms with Crippen molar-refractivity contribution < 1.29 is 0 Å². The Bertz CT molecular complexity index is 133. The van der Waals surface area contributed by atoms with Crippen LogP contribution in [0.5, 0.6) is 0 Å². The summed E-state index contributed by atoms with van der Waals surface area (Å²) in [6.45, 7) is 4.49. The second kappa shape index (κ2) is 3.67. The van der Waals surface area contributed by atoms with Crippen molar-refractivity contribution >= 4 is 27.2 Å². The van der Waals surface area contributed by atoms with Crippen molar-refractivity contribution in [3.63, 3.8) is 0 Å². The van der Waals surface area contributed by atoms with E-state index in [0.717, 1.165) is 0 Å². The number of hydrogen-bond acceptors (Lipinski definition) is 0. The Kier molecular flexibility index (Phi) is 3.91. The predicted octanol–water partition coefficient (Wildman–Crippen LogP) is 2.16. The van der Waals surface area contributed by atoms with Crippen molar-refractivity contribution in [3.05, 3.63) is 0 Å². The van der Waals surface area contributed by atoms with Crippen molar-refractivity contribution in [2.75, 3.05) is 0 Å². The molecule has 0 bridgehead atoms. The van der Waals surface area contributed by atoms with E-state index >= 15 is 0 Å². The van der Waals surface area contributed by atoms with Crippen LogP contribution in [0.15, 0.2) is 0 Å². The summed E-state index contributed by atoms with van der Waals surface area (Å²) in [7, 11) is -0.276. The van der Waals surface area contributed by atoms with E-state index in [1.54, 1.807) is 0 Å². The van der Waals surface area contributed by atoms with Crippen molar-refractivity contribution in [2.45, 2.75) is 27.9 Å². The maximum absolute atomic E-state index is 3.43. The molecular weight excluding hydrogens is 231 g/mol. The van der Waals surface area contributed by atoms with Gasteiger partial charge in [-0.2, -0.15) is 0 Å². The second-order valence-electron chi connectivity index (χ2n) is 3.50. The van der Waals surface area contributed by atoms with Crippen LogP contribution in [0.25, 0.3) is 0 Å². The van der Waals surface area contributed by atoms with Gasteiger partial charge >= 0.3 is 64.6 Å². The van der Waals surface area contributed by atoms with Crippen molar-refractivity contribution in [2.24, 2.45) is 0 Å². The molecule has 0 aliphatic heterocycles. The fourth-order valence-corrected chi connectivity index (χ4v) is 6.29. The first-order valence-electron chi connectivity index (χ1n) is 3.25. The Morgan fingerprint density at radius 2 is 1.56 bits per heavy atom. The molecule has 0 saturated heterocycles. The zero-order valence-electron chi connectivity index (χ0n) is 7.00. The Balaban J connectivity index is 3.88. The average Bonchev–Trinajstić information content (AvgIpc) is 1.59. The Morgan fingerprint density at radius 1 is 1.11 bits per heavy atom. The molecule has 0 amide bonds. The third-order valence-electron chi connectivity index (χ3n) is 0.688. The van der Waals surface area contributed by atoms with E-state index in [1.807, 2.05) is 0 Å². The molecule has 0 atom stereocenters. The molecular formula is C7H15SiSn. The van der Waals surface area contributed by atoms with Crippen LogP contribution in [0.1, 0.15) is 0 Å². The standard InChI is InChI=1S/C4H6Si.3CH3.Sn/c1-4-5(2)3;;;;/h2-3H3;3*1H3;. The van der Waals surface area contributed by atoms with Gasteiger partial charge in [0, 0.05) is 0 Å². The van der Waals surface area contributed by atoms with Gasteiger partial charge in [-0.15, -0.1) is 0 Å². The number of hydrogen-bond donors (Lipinski definition) is 0. The molecule has 0 aliphatic carbocycles. The Labute approximate surface area is 64.5 Å². The summed E-state index contributed by atoms with van der Waals surface area (Å²) < 4.78 is 3.43. The van der Waals surface area contributed by atoms with Crippen LogP contribution in [0.2, 0.25) is 27.9 Å². The first kappa shape index (κ1) is 9.58. The van der Waals surface area contributed by atoms with E-state index in [1.165, 1.54) is 0 Å². The molecule has 0 N–H and O–H groups in total. The summed E-state index contributed by atoms with van der Waals surface area (Å²) in [6, 6.07) is 0. The van der Waals surface area contributed by atoms with E-state index in [9.17, 15) is 0 Å². The molecule has 0 heterocycles. The van der Waals surface area contributed by atoms with Gasteiger partial charge in [-0.3, -0.25) is 0 Å². The fraction of sp³-hybridized carbons (Fsp3) is 0.714. The van der Waals surface area contributed by atoms with E-state index < -0.39 is 18.4 Å². The van der Waals surface area contributed by atoms with Crippen LogP contribution >= 0.6 is 0 Å². The van der Waals surface area contributed by atoms with Crippen LogP contribution in [-0.4, -0.2) is 27.2 Å². The molecule has 51 valence electrons. The Morgan fingerprint density at radius 3 is 1.67 bits per heavy atom. The molecule has 9 heavy (non-hydrogen) atoms. The molecule has 0 unspecified atom stereocenters. The average molecular weight is 246 g/mol. The second-order valence-corrected chi connectivity index (χ2v) is 19.3. The molecule has 0 fully saturated rings. The third-order valence-corrected chi connectivity index (χ3v) is 4.52. The van der Waals surface area contributed by atoms with Crippen molar-refractivity contribution in [1.82, 2.24) is 0 Å². The topological polar surface area (TPSA) is 0 Å². The number of rotatable bonds is 0. The minimum absolute atomic E-state index is 0.276. The van der Waals surface area contributed by atoms with E-state index in [-0.39, 0.29) is 8.80 Å². The van der Waals surface area contributed by atoms with Gasteiger partial charge in [-0.1, -0.05) is 0 Å². The van der Waals surface area contributed by atoms with E-state index in [2.05, 4.69) is 37.4 Å². The molecule has 0 spiro atoms. The van der Waals surface area contributed by atoms with Crippen molar-refractivity contribution in [3.8, 4) is 9.48 Å². The van der Waals surface area contributed by atoms with Crippen LogP contribution in [0, 0.1) is 9.48 Å². The van der Waals surface area contributed by atoms with Gasteiger partial charge < -0.3 is 0 Å². The molecule has 1 radical (unpaired) electrons. The molecule has 0 aliphatic rings. The zero-order valence-corrected chi connectivity index (χ0v) is 10.9. The van der Waals surface area contributed by atoms with Crippen LogP contribution in [0.3, 0.4) is 0 Å². The van der Waals surface area contributed by atoms with Crippen LogP contribution in [0.4, 0.5) is 0 Å². The zero-order chi connectivity index (χ0) is 7.49. The summed E-state index contributed by atoms with van der Waals surface area (Å²) in [5.41, 5.74) is 3.33. The molecule has 0 aromatic heterocycles. The fourth-order valence-electron chi connectivity index (χ4n) is 0.312. The van der Waals surface area contributed by atoms with E-state index in [4.69, 9.17) is 0 Å². The normalized spacial score (nSPS) is 10.9. The van der Waals surface area contributed by atoms with Gasteiger partial charge in [-0.05, 0) is 0 Å². The first-order chi connectivity index (χ1) is 3.92. The molecule has 0 nitrogen and oxygen atoms in total. The maximum atomic E-state index is 3.43. The molecule has 0 saturated carbocycles. The molecule has 0 aromatic carbocycles. The summed E-state index contributed by atoms with van der Waals surface area (Å²) in [5, 5.41) is 0. The Hall–Kier alpha value is 0.576. The van der Waals surface area contributed by atoms with Gasteiger partial charge in [0.25, 0.3) is 0 Å². The first-order valence-corrected chi connectivity index (χ1v) is 15.7. The van der Waals surface area contributed by atoms with E-state index in [0.29, 0.717) is 0 Å². The molecule has 0 rings (SSSR count). The van der Waals surface area contributed by atoms with Gasteiger partial charge in [0.1, 0.15) is 0 Å². The van der Waals surface area contributed by atoms with Crippen LogP contribution < -0.4 is 0 Å².